The molecule has 1 amide bonds. The highest BCUT2D eigenvalue weighted by molar-refractivity contribution is 6.30. The van der Waals surface area contributed by atoms with Crippen molar-refractivity contribution in [2.24, 2.45) is 0 Å². The van der Waals surface area contributed by atoms with Gasteiger partial charge >= 0.3 is 5.97 Å². The zero-order valence-electron chi connectivity index (χ0n) is 15.2. The molecule has 0 aliphatic heterocycles. The van der Waals surface area contributed by atoms with Crippen molar-refractivity contribution < 1.29 is 19.4 Å². The summed E-state index contributed by atoms with van der Waals surface area (Å²) >= 11 is 5.82. The van der Waals surface area contributed by atoms with Gasteiger partial charge in [0.15, 0.2) is 5.60 Å². The molecule has 0 bridgehead atoms. The maximum atomic E-state index is 11.8. The number of aliphatic carboxylic acids is 1. The Kier molecular flexibility index (Phi) is 7.02. The first-order chi connectivity index (χ1) is 12.8. The fourth-order valence-electron chi connectivity index (χ4n) is 2.20. The third-order valence-electron chi connectivity index (χ3n) is 3.82. The minimum atomic E-state index is -1.29. The molecule has 0 radical (unpaired) electrons. The van der Waals surface area contributed by atoms with E-state index in [0.717, 1.165) is 11.1 Å². The lowest BCUT2D eigenvalue weighted by molar-refractivity contribution is -0.152. The van der Waals surface area contributed by atoms with Crippen LogP contribution in [0.4, 0.5) is 0 Å². The Morgan fingerprint density at radius 1 is 1.11 bits per heavy atom. The number of hydrogen-bond acceptors (Lipinski definition) is 3. The van der Waals surface area contributed by atoms with E-state index in [1.54, 1.807) is 30.3 Å². The molecular weight excluding hydrogens is 366 g/mol. The van der Waals surface area contributed by atoms with Crippen molar-refractivity contribution in [3.8, 4) is 5.75 Å². The first kappa shape index (κ1) is 20.5. The molecule has 2 aromatic rings. The number of carbonyl (C=O) groups excluding carboxylic acids is 1. The van der Waals surface area contributed by atoms with Crippen molar-refractivity contribution in [1.82, 2.24) is 5.32 Å². The van der Waals surface area contributed by atoms with Gasteiger partial charge in [0.25, 0.3) is 0 Å². The second kappa shape index (κ2) is 9.24. The van der Waals surface area contributed by atoms with E-state index in [-0.39, 0.29) is 5.91 Å². The predicted octanol–water partition coefficient (Wildman–Crippen LogP) is 3.95. The molecule has 27 heavy (non-hydrogen) atoms. The van der Waals surface area contributed by atoms with Crippen LogP contribution in [0.5, 0.6) is 5.75 Å². The summed E-state index contributed by atoms with van der Waals surface area (Å²) in [5.41, 5.74) is 0.623. The second-order valence-corrected chi connectivity index (χ2v) is 6.92. The lowest BCUT2D eigenvalue weighted by atomic mass is 10.1. The van der Waals surface area contributed by atoms with Crippen LogP contribution in [0.1, 0.15) is 25.0 Å². The predicted molar refractivity (Wildman–Crippen MR) is 106 cm³/mol. The van der Waals surface area contributed by atoms with Crippen LogP contribution in [-0.2, 0) is 16.0 Å². The fourth-order valence-corrected chi connectivity index (χ4v) is 2.32. The van der Waals surface area contributed by atoms with Gasteiger partial charge in [0.05, 0.1) is 0 Å². The molecule has 0 aliphatic rings. The van der Waals surface area contributed by atoms with E-state index in [1.807, 2.05) is 24.3 Å². The number of rotatable bonds is 8. The highest BCUT2D eigenvalue weighted by Gasteiger charge is 2.29. The van der Waals surface area contributed by atoms with E-state index in [2.05, 4.69) is 5.32 Å². The summed E-state index contributed by atoms with van der Waals surface area (Å²) in [6.45, 7) is 3.48. The van der Waals surface area contributed by atoms with E-state index >= 15 is 0 Å². The Morgan fingerprint density at radius 3 is 2.33 bits per heavy atom. The Bertz CT molecular complexity index is 811. The summed E-state index contributed by atoms with van der Waals surface area (Å²) in [6, 6.07) is 14.4. The van der Waals surface area contributed by atoms with Crippen molar-refractivity contribution in [2.45, 2.75) is 25.9 Å². The van der Waals surface area contributed by atoms with Crippen LogP contribution in [0, 0.1) is 0 Å². The molecule has 0 aromatic heterocycles. The Labute approximate surface area is 163 Å². The zero-order valence-corrected chi connectivity index (χ0v) is 16.0. The van der Waals surface area contributed by atoms with Gasteiger partial charge in [-0.2, -0.15) is 0 Å². The highest BCUT2D eigenvalue weighted by atomic mass is 35.5. The van der Waals surface area contributed by atoms with Gasteiger partial charge in [0.2, 0.25) is 5.91 Å². The Morgan fingerprint density at radius 2 is 1.74 bits per heavy atom. The molecule has 0 spiro atoms. The summed E-state index contributed by atoms with van der Waals surface area (Å²) in [4.78, 5) is 22.9. The van der Waals surface area contributed by atoms with Gasteiger partial charge in [-0.3, -0.25) is 4.79 Å². The minimum Gasteiger partial charge on any atom is -0.478 e. The van der Waals surface area contributed by atoms with Crippen molar-refractivity contribution in [3.05, 3.63) is 70.8 Å². The minimum absolute atomic E-state index is 0.173. The summed E-state index contributed by atoms with van der Waals surface area (Å²) < 4.78 is 5.46. The molecule has 2 aromatic carbocycles. The first-order valence-corrected chi connectivity index (χ1v) is 8.87. The number of amides is 1. The number of halogens is 1. The molecule has 0 saturated heterocycles. The zero-order chi connectivity index (χ0) is 19.9. The van der Waals surface area contributed by atoms with Crippen LogP contribution in [0.3, 0.4) is 0 Å². The Hall–Kier alpha value is -2.79. The lowest BCUT2D eigenvalue weighted by Gasteiger charge is -2.21. The van der Waals surface area contributed by atoms with Gasteiger partial charge in [-0.05, 0) is 61.7 Å². The fraction of sp³-hybridized carbons (Fsp3) is 0.238. The average Bonchev–Trinajstić information content (AvgIpc) is 2.62. The van der Waals surface area contributed by atoms with Crippen molar-refractivity contribution in [1.29, 1.82) is 0 Å². The summed E-state index contributed by atoms with van der Waals surface area (Å²) in [6.07, 6.45) is 3.86. The number of benzene rings is 2. The molecule has 0 saturated carbocycles. The monoisotopic (exact) mass is 387 g/mol. The van der Waals surface area contributed by atoms with Crippen LogP contribution >= 0.6 is 11.6 Å². The van der Waals surface area contributed by atoms with Gasteiger partial charge in [0, 0.05) is 17.6 Å². The highest BCUT2D eigenvalue weighted by Crippen LogP contribution is 2.19. The average molecular weight is 388 g/mol. The number of ether oxygens (including phenoxy) is 1. The molecule has 142 valence electrons. The summed E-state index contributed by atoms with van der Waals surface area (Å²) in [5.74, 6) is -0.713. The molecule has 2 N–H and O–H groups in total. The molecule has 0 fully saturated rings. The van der Waals surface area contributed by atoms with E-state index in [4.69, 9.17) is 21.4 Å². The van der Waals surface area contributed by atoms with Gasteiger partial charge in [0.1, 0.15) is 5.75 Å². The number of hydrogen-bond donors (Lipinski definition) is 2. The SMILES string of the molecule is CC(C)(Oc1ccc(CCNC(=O)C=Cc2ccc(Cl)cc2)cc1)C(=O)O. The quantitative estimate of drug-likeness (QED) is 0.672. The van der Waals surface area contributed by atoms with Gasteiger partial charge in [-0.15, -0.1) is 0 Å². The van der Waals surface area contributed by atoms with Crippen LogP contribution in [0.15, 0.2) is 54.6 Å². The number of nitrogens with one attached hydrogen (secondary N) is 1. The molecule has 0 aliphatic carbocycles. The lowest BCUT2D eigenvalue weighted by Crippen LogP contribution is -2.37. The van der Waals surface area contributed by atoms with Gasteiger partial charge in [-0.25, -0.2) is 4.79 Å². The maximum Gasteiger partial charge on any atom is 0.347 e. The largest absolute Gasteiger partial charge is 0.478 e. The van der Waals surface area contributed by atoms with E-state index in [1.165, 1.54) is 19.9 Å². The molecule has 0 heterocycles. The number of carboxylic acids is 1. The molecule has 0 unspecified atom stereocenters. The van der Waals surface area contributed by atoms with Crippen molar-refractivity contribution >= 4 is 29.6 Å². The molecule has 0 atom stereocenters. The number of carboxylic acid groups (broad SMARTS) is 1. The second-order valence-electron chi connectivity index (χ2n) is 6.49. The van der Waals surface area contributed by atoms with Gasteiger partial charge < -0.3 is 15.2 Å². The summed E-state index contributed by atoms with van der Waals surface area (Å²) in [7, 11) is 0. The normalized spacial score (nSPS) is 11.4. The Balaban J connectivity index is 1.78. The molecule has 6 heteroatoms. The van der Waals surface area contributed by atoms with E-state index in [0.29, 0.717) is 23.7 Å². The third-order valence-corrected chi connectivity index (χ3v) is 4.07. The van der Waals surface area contributed by atoms with Crippen LogP contribution in [0.25, 0.3) is 6.08 Å². The van der Waals surface area contributed by atoms with Crippen LogP contribution in [-0.4, -0.2) is 29.1 Å². The first-order valence-electron chi connectivity index (χ1n) is 8.49. The summed E-state index contributed by atoms with van der Waals surface area (Å²) in [5, 5.41) is 12.5. The van der Waals surface area contributed by atoms with Crippen molar-refractivity contribution in [2.75, 3.05) is 6.54 Å². The van der Waals surface area contributed by atoms with E-state index < -0.39 is 11.6 Å². The molecule has 5 nitrogen and oxygen atoms in total. The standard InChI is InChI=1S/C21H22ClNO4/c1-21(2,20(25)26)27-18-10-5-16(6-11-18)13-14-23-19(24)12-7-15-3-8-17(22)9-4-15/h3-12H,13-14H2,1-2H3,(H,23,24)(H,25,26). The molecule has 2 rings (SSSR count). The van der Waals surface area contributed by atoms with Crippen LogP contribution in [0.2, 0.25) is 5.02 Å². The van der Waals surface area contributed by atoms with Crippen molar-refractivity contribution in [3.63, 3.8) is 0 Å². The maximum absolute atomic E-state index is 11.8. The molecular formula is C21H22ClNO4. The smallest absolute Gasteiger partial charge is 0.347 e. The third kappa shape index (κ3) is 6.79. The van der Waals surface area contributed by atoms with Gasteiger partial charge in [-0.1, -0.05) is 35.9 Å². The number of carbonyl (C=O) groups is 2. The topological polar surface area (TPSA) is 75.6 Å². The van der Waals surface area contributed by atoms with Crippen LogP contribution < -0.4 is 10.1 Å². The van der Waals surface area contributed by atoms with E-state index in [9.17, 15) is 9.59 Å².